The van der Waals surface area contributed by atoms with Gasteiger partial charge in [0, 0.05) is 25.3 Å². The fourth-order valence-corrected chi connectivity index (χ4v) is 7.18. The SMILES string of the molecule is COC(=O)c1cccc2c1Sc1cc(-c3ccc4c(sc5ccccc54)c3C(=O)OC)ccc1C2. The minimum Gasteiger partial charge on any atom is -0.465 e. The van der Waals surface area contributed by atoms with E-state index >= 15 is 0 Å². The largest absolute Gasteiger partial charge is 0.465 e. The van der Waals surface area contributed by atoms with Gasteiger partial charge in [0.15, 0.2) is 0 Å². The van der Waals surface area contributed by atoms with Crippen molar-refractivity contribution in [3.8, 4) is 11.1 Å². The number of fused-ring (bicyclic) bond motifs is 5. The number of hydrogen-bond donors (Lipinski definition) is 0. The van der Waals surface area contributed by atoms with E-state index in [0.29, 0.717) is 11.1 Å². The van der Waals surface area contributed by atoms with Crippen molar-refractivity contribution >= 4 is 55.2 Å². The molecule has 0 aliphatic carbocycles. The second-order valence-corrected chi connectivity index (χ2v) is 10.4. The molecule has 1 aromatic heterocycles. The van der Waals surface area contributed by atoms with E-state index in [-0.39, 0.29) is 11.9 Å². The maximum absolute atomic E-state index is 13.0. The molecule has 1 aliphatic heterocycles. The Morgan fingerprint density at radius 1 is 0.800 bits per heavy atom. The zero-order chi connectivity index (χ0) is 24.1. The molecule has 5 aromatic rings. The van der Waals surface area contributed by atoms with Crippen LogP contribution in [0.2, 0.25) is 0 Å². The number of thiophene rings is 1. The van der Waals surface area contributed by atoms with Gasteiger partial charge in [-0.05, 0) is 46.9 Å². The third-order valence-electron chi connectivity index (χ3n) is 6.41. The van der Waals surface area contributed by atoms with Gasteiger partial charge in [0.1, 0.15) is 0 Å². The lowest BCUT2D eigenvalue weighted by atomic mass is 9.95. The minimum absolute atomic E-state index is 0.336. The Balaban J connectivity index is 1.51. The predicted octanol–water partition coefficient (Wildman–Crippen LogP) is 7.35. The van der Waals surface area contributed by atoms with Gasteiger partial charge in [0.05, 0.1) is 30.0 Å². The summed E-state index contributed by atoms with van der Waals surface area (Å²) in [5, 5.41) is 2.19. The quantitative estimate of drug-likeness (QED) is 0.240. The Hall–Kier alpha value is -3.61. The molecule has 0 unspecified atom stereocenters. The van der Waals surface area contributed by atoms with E-state index in [1.807, 2.05) is 24.3 Å². The molecule has 0 amide bonds. The van der Waals surface area contributed by atoms with Gasteiger partial charge in [-0.1, -0.05) is 66.4 Å². The highest BCUT2D eigenvalue weighted by molar-refractivity contribution is 7.99. The molecule has 2 heterocycles. The lowest BCUT2D eigenvalue weighted by Gasteiger charge is -2.22. The van der Waals surface area contributed by atoms with E-state index in [2.05, 4.69) is 42.5 Å². The van der Waals surface area contributed by atoms with Crippen LogP contribution in [0.1, 0.15) is 31.8 Å². The molecule has 35 heavy (non-hydrogen) atoms. The van der Waals surface area contributed by atoms with Crippen molar-refractivity contribution in [1.29, 1.82) is 0 Å². The van der Waals surface area contributed by atoms with Crippen LogP contribution in [0.25, 0.3) is 31.3 Å². The molecule has 0 saturated heterocycles. The van der Waals surface area contributed by atoms with E-state index in [1.54, 1.807) is 29.2 Å². The maximum Gasteiger partial charge on any atom is 0.339 e. The first kappa shape index (κ1) is 21.9. The first-order valence-electron chi connectivity index (χ1n) is 11.1. The number of esters is 2. The fraction of sp³-hybridized carbons (Fsp3) is 0.103. The standard InChI is InChI=1S/C29H20O4S2/c1-32-28(30)22-8-5-6-18-14-17-11-10-16(15-24(17)35-26(18)22)19-12-13-21-20-7-3-4-9-23(20)34-27(21)25(19)29(31)33-2/h3-13,15H,14H2,1-2H3. The molecule has 0 bridgehead atoms. The van der Waals surface area contributed by atoms with Crippen molar-refractivity contribution in [2.75, 3.05) is 14.2 Å². The molecule has 6 heteroatoms. The van der Waals surface area contributed by atoms with Crippen molar-refractivity contribution in [3.63, 3.8) is 0 Å². The summed E-state index contributed by atoms with van der Waals surface area (Å²) < 4.78 is 12.3. The van der Waals surface area contributed by atoms with Gasteiger partial charge < -0.3 is 9.47 Å². The third kappa shape index (κ3) is 3.52. The van der Waals surface area contributed by atoms with Crippen molar-refractivity contribution in [2.24, 2.45) is 0 Å². The van der Waals surface area contributed by atoms with Crippen LogP contribution in [-0.2, 0) is 15.9 Å². The molecule has 0 saturated carbocycles. The molecular formula is C29H20O4S2. The highest BCUT2D eigenvalue weighted by Gasteiger charge is 2.25. The van der Waals surface area contributed by atoms with Crippen LogP contribution in [0, 0.1) is 0 Å². The van der Waals surface area contributed by atoms with Crippen LogP contribution in [-0.4, -0.2) is 26.2 Å². The molecule has 0 atom stereocenters. The topological polar surface area (TPSA) is 52.6 Å². The highest BCUT2D eigenvalue weighted by atomic mass is 32.2. The van der Waals surface area contributed by atoms with E-state index < -0.39 is 0 Å². The number of benzene rings is 4. The van der Waals surface area contributed by atoms with Crippen molar-refractivity contribution < 1.29 is 19.1 Å². The van der Waals surface area contributed by atoms with Crippen molar-refractivity contribution in [3.05, 3.63) is 95.1 Å². The Kier molecular flexibility index (Phi) is 5.35. The average molecular weight is 497 g/mol. The molecular weight excluding hydrogens is 476 g/mol. The number of hydrogen-bond acceptors (Lipinski definition) is 6. The van der Waals surface area contributed by atoms with Crippen LogP contribution in [0.15, 0.2) is 82.6 Å². The highest BCUT2D eigenvalue weighted by Crippen LogP contribution is 2.45. The Labute approximate surface area is 210 Å². The lowest BCUT2D eigenvalue weighted by Crippen LogP contribution is -2.08. The summed E-state index contributed by atoms with van der Waals surface area (Å²) in [6.45, 7) is 0. The van der Waals surface area contributed by atoms with Gasteiger partial charge in [0.2, 0.25) is 0 Å². The lowest BCUT2D eigenvalue weighted by molar-refractivity contribution is 0.0590. The number of carbonyl (C=O) groups is 2. The molecule has 6 rings (SSSR count). The molecule has 1 aliphatic rings. The third-order valence-corrected chi connectivity index (χ3v) is 8.90. The van der Waals surface area contributed by atoms with Crippen LogP contribution in [0.4, 0.5) is 0 Å². The molecule has 0 radical (unpaired) electrons. The van der Waals surface area contributed by atoms with Gasteiger partial charge >= 0.3 is 11.9 Å². The number of methoxy groups -OCH3 is 2. The minimum atomic E-state index is -0.346. The molecule has 4 aromatic carbocycles. The van der Waals surface area contributed by atoms with Gasteiger partial charge in [-0.15, -0.1) is 11.3 Å². The molecule has 0 N–H and O–H groups in total. The van der Waals surface area contributed by atoms with E-state index in [1.165, 1.54) is 19.8 Å². The smallest absolute Gasteiger partial charge is 0.339 e. The van der Waals surface area contributed by atoms with Gasteiger partial charge in [0.25, 0.3) is 0 Å². The predicted molar refractivity (Wildman–Crippen MR) is 141 cm³/mol. The first-order chi connectivity index (χ1) is 17.1. The van der Waals surface area contributed by atoms with Gasteiger partial charge in [-0.25, -0.2) is 9.59 Å². The molecule has 4 nitrogen and oxygen atoms in total. The van der Waals surface area contributed by atoms with Crippen LogP contribution >= 0.6 is 23.1 Å². The Morgan fingerprint density at radius 2 is 1.63 bits per heavy atom. The Morgan fingerprint density at radius 3 is 2.46 bits per heavy atom. The van der Waals surface area contributed by atoms with E-state index in [4.69, 9.17) is 9.47 Å². The Bertz CT molecular complexity index is 1670. The summed E-state index contributed by atoms with van der Waals surface area (Å²) in [5.74, 6) is -0.682. The summed E-state index contributed by atoms with van der Waals surface area (Å²) in [5.41, 5.74) is 5.24. The summed E-state index contributed by atoms with van der Waals surface area (Å²) in [4.78, 5) is 27.4. The van der Waals surface area contributed by atoms with Crippen molar-refractivity contribution in [2.45, 2.75) is 16.2 Å². The first-order valence-corrected chi connectivity index (χ1v) is 12.8. The van der Waals surface area contributed by atoms with Crippen molar-refractivity contribution in [1.82, 2.24) is 0 Å². The van der Waals surface area contributed by atoms with Crippen LogP contribution in [0.5, 0.6) is 0 Å². The zero-order valence-corrected chi connectivity index (χ0v) is 20.7. The second-order valence-electron chi connectivity index (χ2n) is 8.34. The monoisotopic (exact) mass is 496 g/mol. The van der Waals surface area contributed by atoms with E-state index in [0.717, 1.165) is 53.1 Å². The van der Waals surface area contributed by atoms with Crippen LogP contribution in [0.3, 0.4) is 0 Å². The zero-order valence-electron chi connectivity index (χ0n) is 19.1. The molecule has 0 spiro atoms. The maximum atomic E-state index is 13.0. The van der Waals surface area contributed by atoms with Crippen LogP contribution < -0.4 is 0 Å². The summed E-state index contributed by atoms with van der Waals surface area (Å²) in [6.07, 6.45) is 0.738. The summed E-state index contributed by atoms with van der Waals surface area (Å²) in [7, 11) is 2.83. The van der Waals surface area contributed by atoms with Gasteiger partial charge in [-0.2, -0.15) is 0 Å². The number of ether oxygens (including phenoxy) is 2. The fourth-order valence-electron chi connectivity index (χ4n) is 4.73. The summed E-state index contributed by atoms with van der Waals surface area (Å²) >= 11 is 3.19. The summed E-state index contributed by atoms with van der Waals surface area (Å²) in [6, 6.07) is 24.3. The second kappa shape index (κ2) is 8.56. The average Bonchev–Trinajstić information content (AvgIpc) is 3.28. The van der Waals surface area contributed by atoms with Gasteiger partial charge in [-0.3, -0.25) is 0 Å². The number of rotatable bonds is 3. The normalized spacial score (nSPS) is 12.3. The number of carbonyl (C=O) groups excluding carboxylic acids is 2. The molecule has 0 fully saturated rings. The molecule has 172 valence electrons. The van der Waals surface area contributed by atoms with E-state index in [9.17, 15) is 9.59 Å².